The van der Waals surface area contributed by atoms with Crippen LogP contribution in [-0.4, -0.2) is 36.2 Å². The van der Waals surface area contributed by atoms with E-state index >= 15 is 0 Å². The van der Waals surface area contributed by atoms with Gasteiger partial charge in [-0.2, -0.15) is 0 Å². The molecule has 15 heavy (non-hydrogen) atoms. The Morgan fingerprint density at radius 3 is 2.60 bits per heavy atom. The van der Waals surface area contributed by atoms with Gasteiger partial charge in [0.05, 0.1) is 12.6 Å². The molecule has 2 unspecified atom stereocenters. The highest BCUT2D eigenvalue weighted by atomic mass is 16.3. The highest BCUT2D eigenvalue weighted by Gasteiger charge is 2.03. The van der Waals surface area contributed by atoms with E-state index in [0.29, 0.717) is 19.1 Å². The Balaban J connectivity index is 3.34. The Labute approximate surface area is 92.4 Å². The van der Waals surface area contributed by atoms with Crippen molar-refractivity contribution in [1.29, 1.82) is 0 Å². The van der Waals surface area contributed by atoms with Crippen molar-refractivity contribution < 1.29 is 9.90 Å². The molecule has 0 aliphatic heterocycles. The van der Waals surface area contributed by atoms with Gasteiger partial charge in [0.1, 0.15) is 0 Å². The maximum absolute atomic E-state index is 11.3. The van der Waals surface area contributed by atoms with E-state index in [9.17, 15) is 4.79 Å². The fourth-order valence-electron chi connectivity index (χ4n) is 1.10. The summed E-state index contributed by atoms with van der Waals surface area (Å²) < 4.78 is 0. The summed E-state index contributed by atoms with van der Waals surface area (Å²) in [6.07, 6.45) is 2.31. The smallest absolute Gasteiger partial charge is 0.233 e. The summed E-state index contributed by atoms with van der Waals surface area (Å²) in [6, 6.07) is 0.383. The van der Waals surface area contributed by atoms with Gasteiger partial charge in [-0.1, -0.05) is 6.92 Å². The van der Waals surface area contributed by atoms with Gasteiger partial charge in [0.2, 0.25) is 5.91 Å². The molecular weight excluding hydrogens is 192 g/mol. The van der Waals surface area contributed by atoms with Gasteiger partial charge in [-0.25, -0.2) is 0 Å². The normalized spacial score (nSPS) is 14.7. The molecule has 3 N–H and O–H groups in total. The molecule has 0 fully saturated rings. The lowest BCUT2D eigenvalue weighted by atomic mass is 10.2. The number of carbonyl (C=O) groups is 1. The van der Waals surface area contributed by atoms with E-state index in [4.69, 9.17) is 5.11 Å². The number of aliphatic hydroxyl groups excluding tert-OH is 1. The quantitative estimate of drug-likeness (QED) is 0.522. The lowest BCUT2D eigenvalue weighted by Crippen LogP contribution is -2.38. The zero-order valence-corrected chi connectivity index (χ0v) is 10.0. The Bertz CT molecular complexity index is 172. The first-order valence-corrected chi connectivity index (χ1v) is 5.74. The van der Waals surface area contributed by atoms with E-state index < -0.39 is 0 Å². The van der Waals surface area contributed by atoms with E-state index in [1.165, 1.54) is 0 Å². The number of nitrogens with one attached hydrogen (secondary N) is 2. The number of aliphatic hydroxyl groups is 1. The van der Waals surface area contributed by atoms with Crippen molar-refractivity contribution in [3.63, 3.8) is 0 Å². The second-order valence-corrected chi connectivity index (χ2v) is 4.03. The summed E-state index contributed by atoms with van der Waals surface area (Å²) in [6.45, 7) is 6.92. The van der Waals surface area contributed by atoms with Crippen molar-refractivity contribution in [2.45, 2.75) is 52.2 Å². The van der Waals surface area contributed by atoms with Crippen LogP contribution in [0.4, 0.5) is 0 Å². The lowest BCUT2D eigenvalue weighted by Gasteiger charge is -2.11. The first kappa shape index (κ1) is 14.4. The maximum atomic E-state index is 11.3. The molecule has 0 aromatic heterocycles. The summed E-state index contributed by atoms with van der Waals surface area (Å²) in [4.78, 5) is 11.3. The third-order valence-corrected chi connectivity index (χ3v) is 2.34. The van der Waals surface area contributed by atoms with Crippen LogP contribution in [-0.2, 0) is 4.79 Å². The number of hydrogen-bond acceptors (Lipinski definition) is 3. The summed E-state index contributed by atoms with van der Waals surface area (Å²) >= 11 is 0. The van der Waals surface area contributed by atoms with E-state index in [1.54, 1.807) is 6.92 Å². The first-order chi connectivity index (χ1) is 7.06. The molecule has 0 heterocycles. The predicted molar refractivity (Wildman–Crippen MR) is 61.7 cm³/mol. The number of rotatable bonds is 8. The third-order valence-electron chi connectivity index (χ3n) is 2.34. The fraction of sp³-hybridized carbons (Fsp3) is 0.909. The summed E-state index contributed by atoms with van der Waals surface area (Å²) in [5, 5.41) is 14.9. The number of carbonyl (C=O) groups excluding carboxylic acids is 1. The second-order valence-electron chi connectivity index (χ2n) is 4.03. The summed E-state index contributed by atoms with van der Waals surface area (Å²) in [5.41, 5.74) is 0. The van der Waals surface area contributed by atoms with Crippen LogP contribution in [0.3, 0.4) is 0 Å². The molecule has 0 saturated heterocycles. The average molecular weight is 216 g/mol. The van der Waals surface area contributed by atoms with Crippen molar-refractivity contribution in [3.05, 3.63) is 0 Å². The van der Waals surface area contributed by atoms with E-state index in [0.717, 1.165) is 19.3 Å². The van der Waals surface area contributed by atoms with Crippen molar-refractivity contribution >= 4 is 5.91 Å². The minimum absolute atomic E-state index is 0.0286. The molecule has 0 aromatic rings. The molecule has 0 saturated carbocycles. The average Bonchev–Trinajstić information content (AvgIpc) is 2.20. The maximum Gasteiger partial charge on any atom is 0.233 e. The molecule has 0 aliphatic carbocycles. The molecule has 0 spiro atoms. The van der Waals surface area contributed by atoms with Gasteiger partial charge in [0.15, 0.2) is 0 Å². The molecular formula is C11H24N2O2. The van der Waals surface area contributed by atoms with Crippen LogP contribution in [0.1, 0.15) is 40.0 Å². The van der Waals surface area contributed by atoms with Crippen LogP contribution in [0.15, 0.2) is 0 Å². The molecule has 0 bridgehead atoms. The molecule has 4 nitrogen and oxygen atoms in total. The molecule has 0 aliphatic rings. The predicted octanol–water partition coefficient (Wildman–Crippen LogP) is 0.652. The van der Waals surface area contributed by atoms with Crippen molar-refractivity contribution in [2.24, 2.45) is 0 Å². The van der Waals surface area contributed by atoms with Gasteiger partial charge in [-0.15, -0.1) is 0 Å². The molecule has 4 heteroatoms. The van der Waals surface area contributed by atoms with Gasteiger partial charge in [-0.3, -0.25) is 4.79 Å². The molecule has 1 amide bonds. The van der Waals surface area contributed by atoms with Crippen LogP contribution in [0.5, 0.6) is 0 Å². The highest BCUT2D eigenvalue weighted by Crippen LogP contribution is 1.93. The third kappa shape index (κ3) is 9.69. The number of amides is 1. The van der Waals surface area contributed by atoms with E-state index in [2.05, 4.69) is 24.5 Å². The Morgan fingerprint density at radius 2 is 2.07 bits per heavy atom. The number of hydrogen-bond donors (Lipinski definition) is 3. The van der Waals surface area contributed by atoms with Crippen LogP contribution in [0, 0.1) is 0 Å². The Kier molecular flexibility index (Phi) is 8.33. The molecule has 0 aromatic carbocycles. The molecule has 0 rings (SSSR count). The highest BCUT2D eigenvalue weighted by molar-refractivity contribution is 5.77. The summed E-state index contributed by atoms with van der Waals surface area (Å²) in [5.74, 6) is 0.0286. The van der Waals surface area contributed by atoms with Crippen molar-refractivity contribution in [1.82, 2.24) is 10.6 Å². The van der Waals surface area contributed by atoms with Gasteiger partial charge >= 0.3 is 0 Å². The van der Waals surface area contributed by atoms with Crippen LogP contribution in [0.25, 0.3) is 0 Å². The van der Waals surface area contributed by atoms with E-state index in [-0.39, 0.29) is 12.0 Å². The Morgan fingerprint density at radius 1 is 1.40 bits per heavy atom. The van der Waals surface area contributed by atoms with Gasteiger partial charge in [0.25, 0.3) is 0 Å². The standard InChI is InChI=1S/C11H24N2O2/c1-4-9(2)13-8-11(15)12-7-5-6-10(3)14/h9-10,13-14H,4-8H2,1-3H3,(H,12,15). The zero-order chi connectivity index (χ0) is 11.7. The first-order valence-electron chi connectivity index (χ1n) is 5.74. The van der Waals surface area contributed by atoms with Crippen LogP contribution < -0.4 is 10.6 Å². The molecule has 2 atom stereocenters. The van der Waals surface area contributed by atoms with Crippen LogP contribution >= 0.6 is 0 Å². The van der Waals surface area contributed by atoms with Gasteiger partial charge in [0, 0.05) is 12.6 Å². The van der Waals surface area contributed by atoms with Gasteiger partial charge < -0.3 is 15.7 Å². The lowest BCUT2D eigenvalue weighted by molar-refractivity contribution is -0.120. The Hall–Kier alpha value is -0.610. The largest absolute Gasteiger partial charge is 0.393 e. The van der Waals surface area contributed by atoms with Crippen molar-refractivity contribution in [3.8, 4) is 0 Å². The van der Waals surface area contributed by atoms with E-state index in [1.807, 2.05) is 0 Å². The summed E-state index contributed by atoms with van der Waals surface area (Å²) in [7, 11) is 0. The monoisotopic (exact) mass is 216 g/mol. The minimum atomic E-state index is -0.278. The zero-order valence-electron chi connectivity index (χ0n) is 10.0. The van der Waals surface area contributed by atoms with Gasteiger partial charge in [-0.05, 0) is 33.1 Å². The molecule has 90 valence electrons. The second kappa shape index (κ2) is 8.68. The minimum Gasteiger partial charge on any atom is -0.393 e. The SMILES string of the molecule is CCC(C)NCC(=O)NCCCC(C)O. The van der Waals surface area contributed by atoms with Crippen molar-refractivity contribution in [2.75, 3.05) is 13.1 Å². The topological polar surface area (TPSA) is 61.4 Å². The fourth-order valence-corrected chi connectivity index (χ4v) is 1.10. The molecule has 0 radical (unpaired) electrons. The van der Waals surface area contributed by atoms with Crippen LogP contribution in [0.2, 0.25) is 0 Å².